The number of carbonyl (C=O) groups is 1. The van der Waals surface area contributed by atoms with Crippen LogP contribution < -0.4 is 0 Å². The molecule has 0 fully saturated rings. The van der Waals surface area contributed by atoms with Gasteiger partial charge in [0.1, 0.15) is 11.5 Å². The number of nitrogens with zero attached hydrogens (tertiary/aromatic N) is 4. The first-order valence-electron chi connectivity index (χ1n) is 8.43. The number of imidazole rings is 1. The Bertz CT molecular complexity index is 905. The van der Waals surface area contributed by atoms with E-state index in [9.17, 15) is 9.18 Å². The number of amides is 1. The van der Waals surface area contributed by atoms with Gasteiger partial charge in [-0.1, -0.05) is 6.07 Å². The van der Waals surface area contributed by atoms with E-state index in [1.807, 2.05) is 20.9 Å². The van der Waals surface area contributed by atoms with E-state index in [4.69, 9.17) is 0 Å². The number of carbonyl (C=O) groups excluding carboxylic acids is 1. The highest BCUT2D eigenvalue weighted by atomic mass is 19.1. The Kier molecular flexibility index (Phi) is 5.11. The molecule has 6 heteroatoms. The summed E-state index contributed by atoms with van der Waals surface area (Å²) in [4.78, 5) is 22.6. The molecule has 0 saturated heterocycles. The summed E-state index contributed by atoms with van der Waals surface area (Å²) in [7, 11) is 1.82. The third-order valence-electron chi connectivity index (χ3n) is 4.18. The summed E-state index contributed by atoms with van der Waals surface area (Å²) in [5.41, 5.74) is 2.51. The maximum absolute atomic E-state index is 14.3. The van der Waals surface area contributed by atoms with Crippen LogP contribution in [0.2, 0.25) is 0 Å². The molecule has 0 aliphatic carbocycles. The second kappa shape index (κ2) is 7.47. The number of aryl methyl sites for hydroxylation is 1. The van der Waals surface area contributed by atoms with Crippen molar-refractivity contribution in [2.45, 2.75) is 26.4 Å². The van der Waals surface area contributed by atoms with E-state index in [1.54, 1.807) is 58.7 Å². The zero-order valence-electron chi connectivity index (χ0n) is 15.1. The van der Waals surface area contributed by atoms with Crippen molar-refractivity contribution in [3.8, 4) is 11.1 Å². The van der Waals surface area contributed by atoms with Crippen LogP contribution in [0.3, 0.4) is 0 Å². The number of benzene rings is 1. The van der Waals surface area contributed by atoms with Crippen molar-refractivity contribution in [2.24, 2.45) is 7.05 Å². The molecule has 0 saturated carbocycles. The zero-order valence-corrected chi connectivity index (χ0v) is 15.1. The highest BCUT2D eigenvalue weighted by molar-refractivity contribution is 5.92. The summed E-state index contributed by atoms with van der Waals surface area (Å²) in [5, 5.41) is 0. The Morgan fingerprint density at radius 1 is 1.23 bits per heavy atom. The Morgan fingerprint density at radius 2 is 1.96 bits per heavy atom. The van der Waals surface area contributed by atoms with Gasteiger partial charge in [0.15, 0.2) is 0 Å². The first-order valence-corrected chi connectivity index (χ1v) is 8.43. The van der Waals surface area contributed by atoms with Crippen LogP contribution in [0.15, 0.2) is 55.2 Å². The first kappa shape index (κ1) is 17.8. The molecule has 0 N–H and O–H groups in total. The van der Waals surface area contributed by atoms with Crippen LogP contribution in [0.4, 0.5) is 4.39 Å². The first-order chi connectivity index (χ1) is 12.5. The molecule has 0 radical (unpaired) electrons. The molecule has 0 aliphatic heterocycles. The molecule has 1 amide bonds. The molecule has 0 spiro atoms. The maximum Gasteiger partial charge on any atom is 0.274 e. The largest absolute Gasteiger partial charge is 0.340 e. The van der Waals surface area contributed by atoms with Gasteiger partial charge in [0.25, 0.3) is 5.91 Å². The monoisotopic (exact) mass is 352 g/mol. The van der Waals surface area contributed by atoms with Gasteiger partial charge >= 0.3 is 0 Å². The average Bonchev–Trinajstić information content (AvgIpc) is 3.07. The molecule has 0 atom stereocenters. The predicted octanol–water partition coefficient (Wildman–Crippen LogP) is 3.67. The lowest BCUT2D eigenvalue weighted by atomic mass is 10.0. The van der Waals surface area contributed by atoms with Gasteiger partial charge in [-0.25, -0.2) is 9.37 Å². The van der Waals surface area contributed by atoms with E-state index >= 15 is 0 Å². The Balaban J connectivity index is 1.89. The normalized spacial score (nSPS) is 11.0. The quantitative estimate of drug-likeness (QED) is 0.704. The standard InChI is InChI=1S/C20H21FN4O/c1-14(2)25(20(26)19-12-24(3)13-23-19)11-15-4-5-18(21)17(10-15)16-6-8-22-9-7-16/h4-10,12-14H,11H2,1-3H3. The van der Waals surface area contributed by atoms with Crippen molar-refractivity contribution >= 4 is 5.91 Å². The van der Waals surface area contributed by atoms with E-state index in [0.717, 1.165) is 11.1 Å². The summed E-state index contributed by atoms with van der Waals surface area (Å²) in [6.45, 7) is 4.29. The number of halogens is 1. The summed E-state index contributed by atoms with van der Waals surface area (Å²) in [6, 6.07) is 8.45. The molecule has 0 bridgehead atoms. The fourth-order valence-electron chi connectivity index (χ4n) is 2.78. The molecule has 3 aromatic rings. The van der Waals surface area contributed by atoms with Crippen molar-refractivity contribution in [1.29, 1.82) is 0 Å². The minimum Gasteiger partial charge on any atom is -0.340 e. The lowest BCUT2D eigenvalue weighted by molar-refractivity contribution is 0.0684. The van der Waals surface area contributed by atoms with E-state index in [0.29, 0.717) is 17.8 Å². The highest BCUT2D eigenvalue weighted by Crippen LogP contribution is 2.24. The smallest absolute Gasteiger partial charge is 0.274 e. The van der Waals surface area contributed by atoms with Crippen molar-refractivity contribution in [3.05, 3.63) is 72.3 Å². The third kappa shape index (κ3) is 3.79. The molecule has 3 rings (SSSR count). The second-order valence-corrected chi connectivity index (χ2v) is 6.50. The molecule has 0 aliphatic rings. The number of aromatic nitrogens is 3. The van der Waals surface area contributed by atoms with E-state index in [-0.39, 0.29) is 17.8 Å². The summed E-state index contributed by atoms with van der Waals surface area (Å²) < 4.78 is 16.0. The summed E-state index contributed by atoms with van der Waals surface area (Å²) >= 11 is 0. The van der Waals surface area contributed by atoms with Gasteiger partial charge in [-0.2, -0.15) is 0 Å². The fraction of sp³-hybridized carbons (Fsp3) is 0.250. The summed E-state index contributed by atoms with van der Waals surface area (Å²) in [5.74, 6) is -0.442. The SMILES string of the molecule is CC(C)N(Cc1ccc(F)c(-c2ccncc2)c1)C(=O)c1cn(C)cn1. The Morgan fingerprint density at radius 3 is 2.58 bits per heavy atom. The lowest BCUT2D eigenvalue weighted by Crippen LogP contribution is -2.36. The number of hydrogen-bond donors (Lipinski definition) is 0. The highest BCUT2D eigenvalue weighted by Gasteiger charge is 2.21. The maximum atomic E-state index is 14.3. The fourth-order valence-corrected chi connectivity index (χ4v) is 2.78. The Labute approximate surface area is 152 Å². The molecule has 5 nitrogen and oxygen atoms in total. The molecular formula is C20H21FN4O. The molecule has 1 aromatic carbocycles. The van der Waals surface area contributed by atoms with Crippen molar-refractivity contribution < 1.29 is 9.18 Å². The molecule has 2 heterocycles. The molecule has 0 unspecified atom stereocenters. The van der Waals surface area contributed by atoms with Crippen LogP contribution in [-0.4, -0.2) is 31.4 Å². The average molecular weight is 352 g/mol. The van der Waals surface area contributed by atoms with Crippen LogP contribution in [0.25, 0.3) is 11.1 Å². The van der Waals surface area contributed by atoms with Gasteiger partial charge in [-0.05, 0) is 49.2 Å². The minimum absolute atomic E-state index is 0.0149. The molecule has 26 heavy (non-hydrogen) atoms. The van der Waals surface area contributed by atoms with Gasteiger partial charge in [-0.15, -0.1) is 0 Å². The van der Waals surface area contributed by atoms with Crippen LogP contribution in [0.5, 0.6) is 0 Å². The van der Waals surface area contributed by atoms with E-state index in [1.165, 1.54) is 6.07 Å². The van der Waals surface area contributed by atoms with E-state index in [2.05, 4.69) is 9.97 Å². The predicted molar refractivity (Wildman–Crippen MR) is 97.8 cm³/mol. The van der Waals surface area contributed by atoms with Gasteiger partial charge in [-0.3, -0.25) is 9.78 Å². The number of rotatable bonds is 5. The topological polar surface area (TPSA) is 51.0 Å². The van der Waals surface area contributed by atoms with Crippen molar-refractivity contribution in [3.63, 3.8) is 0 Å². The third-order valence-corrected chi connectivity index (χ3v) is 4.18. The Hall–Kier alpha value is -3.02. The van der Waals surface area contributed by atoms with Gasteiger partial charge in [0.2, 0.25) is 0 Å². The zero-order chi connectivity index (χ0) is 18.7. The second-order valence-electron chi connectivity index (χ2n) is 6.50. The lowest BCUT2D eigenvalue weighted by Gasteiger charge is -2.26. The minimum atomic E-state index is -0.299. The molecular weight excluding hydrogens is 331 g/mol. The number of hydrogen-bond acceptors (Lipinski definition) is 3. The molecule has 134 valence electrons. The van der Waals surface area contributed by atoms with Gasteiger partial charge in [0, 0.05) is 43.8 Å². The van der Waals surface area contributed by atoms with Crippen LogP contribution >= 0.6 is 0 Å². The van der Waals surface area contributed by atoms with Gasteiger partial charge < -0.3 is 9.47 Å². The summed E-state index contributed by atoms with van der Waals surface area (Å²) in [6.07, 6.45) is 6.56. The van der Waals surface area contributed by atoms with E-state index < -0.39 is 0 Å². The van der Waals surface area contributed by atoms with Gasteiger partial charge in [0.05, 0.1) is 6.33 Å². The van der Waals surface area contributed by atoms with Crippen LogP contribution in [0.1, 0.15) is 29.9 Å². The van der Waals surface area contributed by atoms with Crippen molar-refractivity contribution in [1.82, 2.24) is 19.4 Å². The van der Waals surface area contributed by atoms with Crippen LogP contribution in [-0.2, 0) is 13.6 Å². The molecule has 2 aromatic heterocycles. The van der Waals surface area contributed by atoms with Crippen molar-refractivity contribution in [2.75, 3.05) is 0 Å². The van der Waals surface area contributed by atoms with Crippen LogP contribution in [0, 0.1) is 5.82 Å². The number of pyridine rings is 1.